The van der Waals surface area contributed by atoms with E-state index < -0.39 is 0 Å². The molecule has 0 fully saturated rings. The minimum Gasteiger partial charge on any atom is -0.373 e. The smallest absolute Gasteiger partial charge is 0.0399 e. The van der Waals surface area contributed by atoms with E-state index in [1.54, 1.807) is 0 Å². The lowest BCUT2D eigenvalue weighted by molar-refractivity contribution is 0.974. The SMILES string of the molecule is CN(CCCl)c1ccccc1.Cl. The molecule has 0 aliphatic rings. The molecule has 0 saturated carbocycles. The van der Waals surface area contributed by atoms with Crippen LogP contribution in [0.25, 0.3) is 0 Å². The Hall–Kier alpha value is -0.400. The maximum Gasteiger partial charge on any atom is 0.0399 e. The first-order valence-corrected chi connectivity index (χ1v) is 4.20. The third-order valence-corrected chi connectivity index (χ3v) is 1.79. The van der Waals surface area contributed by atoms with Crippen LogP contribution in [0.5, 0.6) is 0 Å². The molecule has 1 aromatic carbocycles. The standard InChI is InChI=1S/C9H12ClN.ClH/c1-11(8-7-10)9-5-3-2-4-6-9;/h2-6H,7-8H2,1H3;1H. The van der Waals surface area contributed by atoms with E-state index in [1.807, 2.05) is 25.2 Å². The monoisotopic (exact) mass is 205 g/mol. The number of halogens is 2. The van der Waals surface area contributed by atoms with Gasteiger partial charge in [0.2, 0.25) is 0 Å². The molecule has 0 aliphatic carbocycles. The minimum atomic E-state index is 0. The summed E-state index contributed by atoms with van der Waals surface area (Å²) in [6.45, 7) is 0.894. The van der Waals surface area contributed by atoms with Crippen LogP contribution in [0.3, 0.4) is 0 Å². The predicted molar refractivity (Wildman–Crippen MR) is 57.7 cm³/mol. The van der Waals surface area contributed by atoms with Gasteiger partial charge in [0.1, 0.15) is 0 Å². The number of anilines is 1. The predicted octanol–water partition coefficient (Wildman–Crippen LogP) is 2.78. The zero-order valence-electron chi connectivity index (χ0n) is 7.03. The van der Waals surface area contributed by atoms with Gasteiger partial charge in [-0.25, -0.2) is 0 Å². The van der Waals surface area contributed by atoms with E-state index in [0.29, 0.717) is 5.88 Å². The Bertz CT molecular complexity index is 201. The third kappa shape index (κ3) is 3.33. The first-order chi connectivity index (χ1) is 5.34. The van der Waals surface area contributed by atoms with Crippen molar-refractivity contribution in [1.29, 1.82) is 0 Å². The minimum absolute atomic E-state index is 0. The van der Waals surface area contributed by atoms with Crippen molar-refractivity contribution in [2.75, 3.05) is 24.4 Å². The normalized spacial score (nSPS) is 8.83. The van der Waals surface area contributed by atoms with Crippen molar-refractivity contribution < 1.29 is 0 Å². The van der Waals surface area contributed by atoms with Crippen LogP contribution in [0.1, 0.15) is 0 Å². The summed E-state index contributed by atoms with van der Waals surface area (Å²) in [4.78, 5) is 2.13. The van der Waals surface area contributed by atoms with Crippen molar-refractivity contribution in [2.45, 2.75) is 0 Å². The molecule has 0 bridgehead atoms. The molecule has 0 atom stereocenters. The highest BCUT2D eigenvalue weighted by Gasteiger charge is 1.95. The number of para-hydroxylation sites is 1. The van der Waals surface area contributed by atoms with Crippen LogP contribution >= 0.6 is 24.0 Å². The van der Waals surface area contributed by atoms with Gasteiger partial charge in [0.25, 0.3) is 0 Å². The van der Waals surface area contributed by atoms with Gasteiger partial charge in [0.05, 0.1) is 0 Å². The second-order valence-electron chi connectivity index (χ2n) is 2.45. The van der Waals surface area contributed by atoms with Gasteiger partial charge in [0, 0.05) is 25.2 Å². The highest BCUT2D eigenvalue weighted by Crippen LogP contribution is 2.09. The van der Waals surface area contributed by atoms with Gasteiger partial charge in [-0.15, -0.1) is 24.0 Å². The third-order valence-electron chi connectivity index (χ3n) is 1.62. The lowest BCUT2D eigenvalue weighted by Gasteiger charge is -2.16. The van der Waals surface area contributed by atoms with Crippen LogP contribution in [0.2, 0.25) is 0 Å². The average Bonchev–Trinajstić information content (AvgIpc) is 2.07. The summed E-state index contributed by atoms with van der Waals surface area (Å²) in [5.74, 6) is 0.672. The molecule has 0 heterocycles. The Balaban J connectivity index is 0.00000121. The number of benzene rings is 1. The lowest BCUT2D eigenvalue weighted by Crippen LogP contribution is -2.19. The van der Waals surface area contributed by atoms with E-state index in [0.717, 1.165) is 6.54 Å². The average molecular weight is 206 g/mol. The van der Waals surface area contributed by atoms with Crippen LogP contribution in [0.4, 0.5) is 5.69 Å². The zero-order valence-corrected chi connectivity index (χ0v) is 8.61. The van der Waals surface area contributed by atoms with Crippen LogP contribution in [0.15, 0.2) is 30.3 Å². The van der Waals surface area contributed by atoms with Crippen molar-refractivity contribution in [2.24, 2.45) is 0 Å². The second-order valence-corrected chi connectivity index (χ2v) is 2.82. The molecule has 0 spiro atoms. The van der Waals surface area contributed by atoms with Gasteiger partial charge in [-0.05, 0) is 12.1 Å². The molecular weight excluding hydrogens is 193 g/mol. The van der Waals surface area contributed by atoms with Gasteiger partial charge in [0.15, 0.2) is 0 Å². The van der Waals surface area contributed by atoms with E-state index in [9.17, 15) is 0 Å². The largest absolute Gasteiger partial charge is 0.373 e. The maximum atomic E-state index is 5.60. The Labute approximate surface area is 84.7 Å². The fourth-order valence-electron chi connectivity index (χ4n) is 0.938. The molecule has 0 unspecified atom stereocenters. The van der Waals surface area contributed by atoms with Gasteiger partial charge >= 0.3 is 0 Å². The number of hydrogen-bond donors (Lipinski definition) is 0. The number of hydrogen-bond acceptors (Lipinski definition) is 1. The molecule has 0 aliphatic heterocycles. The molecule has 1 nitrogen and oxygen atoms in total. The molecule has 68 valence electrons. The Morgan fingerprint density at radius 1 is 1.25 bits per heavy atom. The van der Waals surface area contributed by atoms with E-state index in [-0.39, 0.29) is 12.4 Å². The number of nitrogens with zero attached hydrogens (tertiary/aromatic N) is 1. The van der Waals surface area contributed by atoms with E-state index in [2.05, 4.69) is 17.0 Å². The summed E-state index contributed by atoms with van der Waals surface area (Å²) in [5.41, 5.74) is 1.22. The summed E-state index contributed by atoms with van der Waals surface area (Å²) < 4.78 is 0. The number of rotatable bonds is 3. The van der Waals surface area contributed by atoms with Crippen molar-refractivity contribution in [3.05, 3.63) is 30.3 Å². The van der Waals surface area contributed by atoms with Crippen LogP contribution in [0, 0.1) is 0 Å². The molecule has 12 heavy (non-hydrogen) atoms. The highest BCUT2D eigenvalue weighted by molar-refractivity contribution is 6.18. The summed E-state index contributed by atoms with van der Waals surface area (Å²) in [6.07, 6.45) is 0. The molecule has 0 saturated heterocycles. The molecule has 1 rings (SSSR count). The summed E-state index contributed by atoms with van der Waals surface area (Å²) in [7, 11) is 2.04. The van der Waals surface area contributed by atoms with Crippen LogP contribution in [-0.2, 0) is 0 Å². The topological polar surface area (TPSA) is 3.24 Å². The summed E-state index contributed by atoms with van der Waals surface area (Å²) in [6, 6.07) is 10.2. The fourth-order valence-corrected chi connectivity index (χ4v) is 1.19. The molecule has 3 heteroatoms. The molecule has 0 amide bonds. The molecule has 0 aromatic heterocycles. The van der Waals surface area contributed by atoms with Crippen molar-refractivity contribution in [1.82, 2.24) is 0 Å². The van der Waals surface area contributed by atoms with Crippen molar-refractivity contribution >= 4 is 29.7 Å². The van der Waals surface area contributed by atoms with E-state index >= 15 is 0 Å². The van der Waals surface area contributed by atoms with Crippen molar-refractivity contribution in [3.8, 4) is 0 Å². The van der Waals surface area contributed by atoms with Crippen molar-refractivity contribution in [3.63, 3.8) is 0 Å². The van der Waals surface area contributed by atoms with Gasteiger partial charge in [-0.1, -0.05) is 18.2 Å². The zero-order chi connectivity index (χ0) is 8.10. The molecule has 1 aromatic rings. The molecule has 0 radical (unpaired) electrons. The second kappa shape index (κ2) is 6.15. The van der Waals surface area contributed by atoms with E-state index in [1.165, 1.54) is 5.69 Å². The molecular formula is C9H13Cl2N. The maximum absolute atomic E-state index is 5.60. The summed E-state index contributed by atoms with van der Waals surface area (Å²) in [5, 5.41) is 0. The number of alkyl halides is 1. The molecule has 0 N–H and O–H groups in total. The Kier molecular flexibility index (Phi) is 5.95. The summed E-state index contributed by atoms with van der Waals surface area (Å²) >= 11 is 5.60. The van der Waals surface area contributed by atoms with Crippen LogP contribution in [-0.4, -0.2) is 19.5 Å². The van der Waals surface area contributed by atoms with Gasteiger partial charge in [-0.2, -0.15) is 0 Å². The first-order valence-electron chi connectivity index (χ1n) is 3.66. The lowest BCUT2D eigenvalue weighted by atomic mass is 10.3. The quantitative estimate of drug-likeness (QED) is 0.687. The Morgan fingerprint density at radius 2 is 1.83 bits per heavy atom. The van der Waals surface area contributed by atoms with Crippen LogP contribution < -0.4 is 4.90 Å². The van der Waals surface area contributed by atoms with E-state index in [4.69, 9.17) is 11.6 Å². The van der Waals surface area contributed by atoms with Gasteiger partial charge in [-0.3, -0.25) is 0 Å². The first kappa shape index (κ1) is 11.6. The fraction of sp³-hybridized carbons (Fsp3) is 0.333. The van der Waals surface area contributed by atoms with Gasteiger partial charge < -0.3 is 4.90 Å². The Morgan fingerprint density at radius 3 is 2.33 bits per heavy atom. The highest BCUT2D eigenvalue weighted by atomic mass is 35.5.